The number of benzene rings is 1. The normalized spacial score (nSPS) is 14.6. The molecule has 0 unspecified atom stereocenters. The van der Waals surface area contributed by atoms with Gasteiger partial charge in [-0.15, -0.1) is 11.3 Å². The van der Waals surface area contributed by atoms with E-state index in [1.165, 1.54) is 5.01 Å². The number of amides is 2. The van der Waals surface area contributed by atoms with Crippen LogP contribution in [0.4, 0.5) is 0 Å². The third kappa shape index (κ3) is 3.57. The Kier molecular flexibility index (Phi) is 4.55. The first-order valence-electron chi connectivity index (χ1n) is 9.14. The van der Waals surface area contributed by atoms with Crippen LogP contribution >= 0.6 is 11.3 Å². The first-order valence-corrected chi connectivity index (χ1v) is 10.0. The van der Waals surface area contributed by atoms with Crippen LogP contribution in [0.25, 0.3) is 10.2 Å². The Hall–Kier alpha value is -2.93. The van der Waals surface area contributed by atoms with Gasteiger partial charge in [-0.05, 0) is 43.8 Å². The molecular formula is C21H22N4O2S. The van der Waals surface area contributed by atoms with Crippen molar-refractivity contribution in [1.29, 1.82) is 0 Å². The summed E-state index contributed by atoms with van der Waals surface area (Å²) in [6, 6.07) is 13.7. The van der Waals surface area contributed by atoms with E-state index in [1.807, 2.05) is 73.2 Å². The number of hydrogen-bond donors (Lipinski definition) is 1. The highest BCUT2D eigenvalue weighted by atomic mass is 32.1. The highest BCUT2D eigenvalue weighted by Crippen LogP contribution is 2.28. The number of fused-ring (bicyclic) bond motifs is 3. The first-order chi connectivity index (χ1) is 13.3. The Morgan fingerprint density at radius 3 is 2.68 bits per heavy atom. The fraction of sp³-hybridized carbons (Fsp3) is 0.286. The highest BCUT2D eigenvalue weighted by Gasteiger charge is 2.29. The van der Waals surface area contributed by atoms with E-state index in [4.69, 9.17) is 0 Å². The second-order valence-electron chi connectivity index (χ2n) is 7.86. The fourth-order valence-corrected chi connectivity index (χ4v) is 4.13. The van der Waals surface area contributed by atoms with Crippen LogP contribution in [-0.4, -0.2) is 39.2 Å². The maximum Gasteiger partial charge on any atom is 0.291 e. The minimum Gasteiger partial charge on any atom is -0.350 e. The third-order valence-corrected chi connectivity index (χ3v) is 5.29. The largest absolute Gasteiger partial charge is 0.350 e. The number of thiophene rings is 1. The van der Waals surface area contributed by atoms with Crippen molar-refractivity contribution < 1.29 is 9.59 Å². The molecular weight excluding hydrogens is 372 g/mol. The number of hydrazone groups is 1. The minimum absolute atomic E-state index is 0.120. The van der Waals surface area contributed by atoms with Crippen molar-refractivity contribution in [3.05, 3.63) is 59.1 Å². The zero-order chi connectivity index (χ0) is 19.9. The molecule has 1 aliphatic heterocycles. The molecule has 1 aliphatic rings. The molecule has 4 rings (SSSR count). The standard InChI is InChI=1S/C21H22N4O2S/c1-21(2,3)22-19(26)13-25-20(27)17-11-18-16(9-10-28-18)24(17)12-15(23-25)14-7-5-4-6-8-14/h4-11H,12-13H2,1-3H3,(H,22,26). The second-order valence-corrected chi connectivity index (χ2v) is 8.81. The van der Waals surface area contributed by atoms with Gasteiger partial charge in [-0.2, -0.15) is 5.10 Å². The summed E-state index contributed by atoms with van der Waals surface area (Å²) >= 11 is 1.60. The predicted molar refractivity (Wildman–Crippen MR) is 112 cm³/mol. The number of carbonyl (C=O) groups excluding carboxylic acids is 2. The van der Waals surface area contributed by atoms with Gasteiger partial charge in [0.15, 0.2) is 0 Å². The molecule has 0 spiro atoms. The number of rotatable bonds is 3. The predicted octanol–water partition coefficient (Wildman–Crippen LogP) is 3.48. The zero-order valence-corrected chi connectivity index (χ0v) is 16.9. The average Bonchev–Trinajstić information content (AvgIpc) is 3.18. The van der Waals surface area contributed by atoms with Crippen molar-refractivity contribution in [2.45, 2.75) is 32.9 Å². The molecule has 7 heteroatoms. The summed E-state index contributed by atoms with van der Waals surface area (Å²) in [6.07, 6.45) is 0. The third-order valence-electron chi connectivity index (χ3n) is 4.44. The molecule has 144 valence electrons. The second kappa shape index (κ2) is 6.91. The van der Waals surface area contributed by atoms with Crippen molar-refractivity contribution in [3.8, 4) is 0 Å². The lowest BCUT2D eigenvalue weighted by Crippen LogP contribution is -2.46. The molecule has 0 saturated heterocycles. The Morgan fingerprint density at radius 1 is 1.21 bits per heavy atom. The SMILES string of the molecule is CC(C)(C)NC(=O)CN1N=C(c2ccccc2)Cn2c(cc3sccc32)C1=O. The van der Waals surface area contributed by atoms with Gasteiger partial charge in [-0.1, -0.05) is 30.3 Å². The van der Waals surface area contributed by atoms with Crippen LogP contribution in [0.15, 0.2) is 52.9 Å². The molecule has 0 bridgehead atoms. The Labute approximate surface area is 167 Å². The van der Waals surface area contributed by atoms with E-state index in [1.54, 1.807) is 11.3 Å². The van der Waals surface area contributed by atoms with Crippen LogP contribution in [0, 0.1) is 0 Å². The average molecular weight is 395 g/mol. The lowest BCUT2D eigenvalue weighted by molar-refractivity contribution is -0.123. The van der Waals surface area contributed by atoms with Crippen molar-refractivity contribution in [3.63, 3.8) is 0 Å². The van der Waals surface area contributed by atoms with Crippen LogP contribution in [0.5, 0.6) is 0 Å². The maximum absolute atomic E-state index is 13.2. The van der Waals surface area contributed by atoms with Crippen molar-refractivity contribution in [2.75, 3.05) is 6.54 Å². The number of nitrogens with zero attached hydrogens (tertiary/aromatic N) is 3. The molecule has 0 saturated carbocycles. The monoisotopic (exact) mass is 394 g/mol. The number of hydrogen-bond acceptors (Lipinski definition) is 4. The molecule has 3 aromatic rings. The van der Waals surface area contributed by atoms with E-state index in [0.29, 0.717) is 12.2 Å². The van der Waals surface area contributed by atoms with Crippen molar-refractivity contribution in [2.24, 2.45) is 5.10 Å². The van der Waals surface area contributed by atoms with E-state index in [-0.39, 0.29) is 23.9 Å². The lowest BCUT2D eigenvalue weighted by atomic mass is 10.1. The van der Waals surface area contributed by atoms with E-state index < -0.39 is 0 Å². The molecule has 0 aliphatic carbocycles. The first kappa shape index (κ1) is 18.4. The zero-order valence-electron chi connectivity index (χ0n) is 16.1. The van der Waals surface area contributed by atoms with Gasteiger partial charge in [-0.25, -0.2) is 5.01 Å². The molecule has 1 N–H and O–H groups in total. The summed E-state index contributed by atoms with van der Waals surface area (Å²) in [6.45, 7) is 6.08. The van der Waals surface area contributed by atoms with E-state index >= 15 is 0 Å². The molecule has 6 nitrogen and oxygen atoms in total. The molecule has 0 atom stereocenters. The van der Waals surface area contributed by atoms with Crippen LogP contribution in [0.2, 0.25) is 0 Å². The van der Waals surface area contributed by atoms with Gasteiger partial charge in [0.05, 0.1) is 22.5 Å². The van der Waals surface area contributed by atoms with Crippen LogP contribution in [0.3, 0.4) is 0 Å². The van der Waals surface area contributed by atoms with Gasteiger partial charge in [0, 0.05) is 5.54 Å². The number of nitrogens with one attached hydrogen (secondary N) is 1. The minimum atomic E-state index is -0.374. The van der Waals surface area contributed by atoms with Gasteiger partial charge >= 0.3 is 0 Å². The van der Waals surface area contributed by atoms with Crippen LogP contribution in [0.1, 0.15) is 36.8 Å². The molecule has 0 fully saturated rings. The summed E-state index contributed by atoms with van der Waals surface area (Å²) in [5, 5.41) is 10.8. The molecule has 1 aromatic carbocycles. The Balaban J connectivity index is 1.76. The smallest absolute Gasteiger partial charge is 0.291 e. The quantitative estimate of drug-likeness (QED) is 0.739. The summed E-state index contributed by atoms with van der Waals surface area (Å²) in [5.74, 6) is -0.503. The Morgan fingerprint density at radius 2 is 1.96 bits per heavy atom. The summed E-state index contributed by atoms with van der Waals surface area (Å²) < 4.78 is 3.04. The fourth-order valence-electron chi connectivity index (χ4n) is 3.31. The Bertz CT molecular complexity index is 1070. The summed E-state index contributed by atoms with van der Waals surface area (Å²) in [5.41, 5.74) is 2.88. The van der Waals surface area contributed by atoms with Crippen molar-refractivity contribution in [1.82, 2.24) is 14.9 Å². The van der Waals surface area contributed by atoms with E-state index in [0.717, 1.165) is 21.5 Å². The molecule has 3 heterocycles. The summed E-state index contributed by atoms with van der Waals surface area (Å²) in [7, 11) is 0. The lowest BCUT2D eigenvalue weighted by Gasteiger charge is -2.23. The maximum atomic E-state index is 13.2. The van der Waals surface area contributed by atoms with Crippen LogP contribution < -0.4 is 5.32 Å². The van der Waals surface area contributed by atoms with Gasteiger partial charge < -0.3 is 9.88 Å². The summed E-state index contributed by atoms with van der Waals surface area (Å²) in [4.78, 5) is 25.7. The van der Waals surface area contributed by atoms with Gasteiger partial charge in [0.2, 0.25) is 5.91 Å². The topological polar surface area (TPSA) is 66.7 Å². The number of carbonyl (C=O) groups is 2. The van der Waals surface area contributed by atoms with Gasteiger partial charge in [0.25, 0.3) is 5.91 Å². The van der Waals surface area contributed by atoms with Gasteiger partial charge in [0.1, 0.15) is 12.2 Å². The molecule has 0 radical (unpaired) electrons. The van der Waals surface area contributed by atoms with E-state index in [2.05, 4.69) is 10.4 Å². The van der Waals surface area contributed by atoms with Crippen molar-refractivity contribution >= 4 is 39.1 Å². The molecule has 2 amide bonds. The van der Waals surface area contributed by atoms with E-state index in [9.17, 15) is 9.59 Å². The van der Waals surface area contributed by atoms with Gasteiger partial charge in [-0.3, -0.25) is 9.59 Å². The highest BCUT2D eigenvalue weighted by molar-refractivity contribution is 7.17. The molecule has 2 aromatic heterocycles. The molecule has 28 heavy (non-hydrogen) atoms. The van der Waals surface area contributed by atoms with Crippen LogP contribution in [-0.2, 0) is 11.3 Å². The number of aromatic nitrogens is 1.